The van der Waals surface area contributed by atoms with Crippen LogP contribution in [0, 0.1) is 6.92 Å². The molecule has 2 N–H and O–H groups in total. The van der Waals surface area contributed by atoms with Gasteiger partial charge in [0, 0.05) is 25.8 Å². The number of anilines is 2. The van der Waals surface area contributed by atoms with Crippen molar-refractivity contribution in [3.05, 3.63) is 11.9 Å². The van der Waals surface area contributed by atoms with E-state index in [-0.39, 0.29) is 0 Å². The number of hydrogen-bond acceptors (Lipinski definition) is 5. The first kappa shape index (κ1) is 12.7. The Labute approximate surface area is 96.6 Å². The number of hydrogen-bond donors (Lipinski definition) is 1. The van der Waals surface area contributed by atoms with Crippen LogP contribution in [0.4, 0.5) is 11.6 Å². The summed E-state index contributed by atoms with van der Waals surface area (Å²) in [7, 11) is 1.69. The van der Waals surface area contributed by atoms with Crippen molar-refractivity contribution in [2.45, 2.75) is 26.8 Å². The lowest BCUT2D eigenvalue weighted by molar-refractivity contribution is 0.203. The number of methoxy groups -OCH3 is 1. The van der Waals surface area contributed by atoms with Crippen molar-refractivity contribution < 1.29 is 4.74 Å². The summed E-state index contributed by atoms with van der Waals surface area (Å²) in [5.74, 6) is 2.06. The van der Waals surface area contributed by atoms with Crippen LogP contribution in [0.5, 0.6) is 0 Å². The van der Waals surface area contributed by atoms with E-state index in [1.165, 1.54) is 0 Å². The van der Waals surface area contributed by atoms with Gasteiger partial charge in [-0.25, -0.2) is 9.97 Å². The van der Waals surface area contributed by atoms with Crippen LogP contribution in [0.2, 0.25) is 0 Å². The second-order valence-corrected chi connectivity index (χ2v) is 3.98. The van der Waals surface area contributed by atoms with Crippen LogP contribution in [0.15, 0.2) is 6.07 Å². The molecule has 90 valence electrons. The highest BCUT2D eigenvalue weighted by molar-refractivity contribution is 5.47. The summed E-state index contributed by atoms with van der Waals surface area (Å²) in [6.07, 6.45) is 0. The largest absolute Gasteiger partial charge is 0.384 e. The third-order valence-corrected chi connectivity index (χ3v) is 2.30. The van der Waals surface area contributed by atoms with Crippen LogP contribution in [0.3, 0.4) is 0 Å². The van der Waals surface area contributed by atoms with Crippen molar-refractivity contribution in [2.24, 2.45) is 0 Å². The number of rotatable bonds is 5. The van der Waals surface area contributed by atoms with Crippen molar-refractivity contribution in [1.29, 1.82) is 0 Å². The molecule has 1 aromatic rings. The molecule has 0 radical (unpaired) electrons. The minimum Gasteiger partial charge on any atom is -0.384 e. The second-order valence-electron chi connectivity index (χ2n) is 3.98. The molecule has 0 bridgehead atoms. The monoisotopic (exact) mass is 224 g/mol. The lowest BCUT2D eigenvalue weighted by Crippen LogP contribution is -2.34. The molecule has 0 aliphatic carbocycles. The van der Waals surface area contributed by atoms with Gasteiger partial charge >= 0.3 is 0 Å². The van der Waals surface area contributed by atoms with Gasteiger partial charge in [0.25, 0.3) is 0 Å². The van der Waals surface area contributed by atoms with Gasteiger partial charge in [0.1, 0.15) is 17.5 Å². The number of nitrogen functional groups attached to an aromatic ring is 1. The molecule has 0 fully saturated rings. The zero-order valence-corrected chi connectivity index (χ0v) is 10.4. The van der Waals surface area contributed by atoms with Crippen molar-refractivity contribution in [2.75, 3.05) is 30.9 Å². The van der Waals surface area contributed by atoms with Crippen molar-refractivity contribution in [1.82, 2.24) is 9.97 Å². The average molecular weight is 224 g/mol. The van der Waals surface area contributed by atoms with E-state index in [4.69, 9.17) is 10.5 Å². The molecule has 0 saturated heterocycles. The summed E-state index contributed by atoms with van der Waals surface area (Å²) >= 11 is 0. The second kappa shape index (κ2) is 5.65. The van der Waals surface area contributed by atoms with E-state index in [1.807, 2.05) is 6.92 Å². The first-order chi connectivity index (χ1) is 7.54. The maximum Gasteiger partial charge on any atom is 0.134 e. The normalized spacial score (nSPS) is 10.8. The lowest BCUT2D eigenvalue weighted by atomic mass is 10.3. The molecule has 1 rings (SSSR count). The molecule has 0 aliphatic rings. The SMILES string of the molecule is COCCN(c1cc(N)nc(C)n1)C(C)C. The summed E-state index contributed by atoms with van der Waals surface area (Å²) in [5, 5.41) is 0. The van der Waals surface area contributed by atoms with Crippen LogP contribution < -0.4 is 10.6 Å². The Hall–Kier alpha value is -1.36. The first-order valence-electron chi connectivity index (χ1n) is 5.41. The van der Waals surface area contributed by atoms with Crippen LogP contribution in [0.25, 0.3) is 0 Å². The highest BCUT2D eigenvalue weighted by atomic mass is 16.5. The fraction of sp³-hybridized carbons (Fsp3) is 0.636. The first-order valence-corrected chi connectivity index (χ1v) is 5.41. The minimum atomic E-state index is 0.351. The molecular weight excluding hydrogens is 204 g/mol. The van der Waals surface area contributed by atoms with Gasteiger partial charge < -0.3 is 15.4 Å². The van der Waals surface area contributed by atoms with E-state index in [0.29, 0.717) is 24.3 Å². The number of nitrogens with two attached hydrogens (primary N) is 1. The van der Waals surface area contributed by atoms with Gasteiger partial charge in [0.05, 0.1) is 6.61 Å². The van der Waals surface area contributed by atoms with Crippen molar-refractivity contribution in [3.8, 4) is 0 Å². The van der Waals surface area contributed by atoms with Gasteiger partial charge in [-0.15, -0.1) is 0 Å². The summed E-state index contributed by atoms with van der Waals surface area (Å²) in [6, 6.07) is 2.15. The van der Waals surface area contributed by atoms with E-state index < -0.39 is 0 Å². The van der Waals surface area contributed by atoms with Gasteiger partial charge in [-0.2, -0.15) is 0 Å². The van der Waals surface area contributed by atoms with E-state index in [2.05, 4.69) is 28.7 Å². The molecule has 0 saturated carbocycles. The highest BCUT2D eigenvalue weighted by Crippen LogP contribution is 2.16. The summed E-state index contributed by atoms with van der Waals surface area (Å²) in [6.45, 7) is 7.53. The van der Waals surface area contributed by atoms with Gasteiger partial charge in [0.15, 0.2) is 0 Å². The predicted molar refractivity (Wildman–Crippen MR) is 65.5 cm³/mol. The Kier molecular flexibility index (Phi) is 4.49. The molecule has 0 aromatic carbocycles. The van der Waals surface area contributed by atoms with E-state index in [9.17, 15) is 0 Å². The Morgan fingerprint density at radius 2 is 2.12 bits per heavy atom. The molecule has 5 nitrogen and oxygen atoms in total. The van der Waals surface area contributed by atoms with Gasteiger partial charge in [-0.05, 0) is 20.8 Å². The van der Waals surface area contributed by atoms with Crippen LogP contribution in [-0.4, -0.2) is 36.3 Å². The van der Waals surface area contributed by atoms with E-state index in [1.54, 1.807) is 13.2 Å². The maximum absolute atomic E-state index is 5.72. The fourth-order valence-corrected chi connectivity index (χ4v) is 1.55. The summed E-state index contributed by atoms with van der Waals surface area (Å²) in [5.41, 5.74) is 5.72. The standard InChI is InChI=1S/C11H20N4O/c1-8(2)15(5-6-16-4)11-7-10(12)13-9(3)14-11/h7-8H,5-6H2,1-4H3,(H2,12,13,14). The molecule has 1 heterocycles. The lowest BCUT2D eigenvalue weighted by Gasteiger charge is -2.27. The Morgan fingerprint density at radius 1 is 1.44 bits per heavy atom. The topological polar surface area (TPSA) is 64.3 Å². The summed E-state index contributed by atoms with van der Waals surface area (Å²) < 4.78 is 5.09. The molecule has 0 aliphatic heterocycles. The number of aryl methyl sites for hydroxylation is 1. The molecule has 0 unspecified atom stereocenters. The van der Waals surface area contributed by atoms with Crippen LogP contribution >= 0.6 is 0 Å². The van der Waals surface area contributed by atoms with Gasteiger partial charge in [-0.1, -0.05) is 0 Å². The fourth-order valence-electron chi connectivity index (χ4n) is 1.55. The zero-order chi connectivity index (χ0) is 12.1. The molecule has 0 amide bonds. The van der Waals surface area contributed by atoms with Crippen molar-refractivity contribution in [3.63, 3.8) is 0 Å². The Bertz CT molecular complexity index is 321. The smallest absolute Gasteiger partial charge is 0.134 e. The molecule has 0 spiro atoms. The van der Waals surface area contributed by atoms with Crippen LogP contribution in [0.1, 0.15) is 19.7 Å². The van der Waals surface area contributed by atoms with E-state index in [0.717, 1.165) is 12.4 Å². The number of aromatic nitrogens is 2. The molecule has 0 atom stereocenters. The molecule has 1 aromatic heterocycles. The molecule has 16 heavy (non-hydrogen) atoms. The number of nitrogens with zero attached hydrogens (tertiary/aromatic N) is 3. The Morgan fingerprint density at radius 3 is 2.62 bits per heavy atom. The third-order valence-electron chi connectivity index (χ3n) is 2.30. The highest BCUT2D eigenvalue weighted by Gasteiger charge is 2.12. The van der Waals surface area contributed by atoms with Gasteiger partial charge in [-0.3, -0.25) is 0 Å². The molecular formula is C11H20N4O. The quantitative estimate of drug-likeness (QED) is 0.815. The predicted octanol–water partition coefficient (Wildman–Crippen LogP) is 1.23. The van der Waals surface area contributed by atoms with Crippen molar-refractivity contribution >= 4 is 11.6 Å². The third kappa shape index (κ3) is 3.34. The summed E-state index contributed by atoms with van der Waals surface area (Å²) in [4.78, 5) is 10.6. The minimum absolute atomic E-state index is 0.351. The van der Waals surface area contributed by atoms with E-state index >= 15 is 0 Å². The zero-order valence-electron chi connectivity index (χ0n) is 10.4. The number of ether oxygens (including phenoxy) is 1. The average Bonchev–Trinajstić information content (AvgIpc) is 2.16. The Balaban J connectivity index is 2.91. The van der Waals surface area contributed by atoms with Gasteiger partial charge in [0.2, 0.25) is 0 Å². The van der Waals surface area contributed by atoms with Crippen LogP contribution in [-0.2, 0) is 4.74 Å². The molecule has 5 heteroatoms. The maximum atomic E-state index is 5.72.